The maximum Gasteiger partial charge on any atom is 0.335 e. The van der Waals surface area contributed by atoms with E-state index in [1.54, 1.807) is 12.1 Å². The van der Waals surface area contributed by atoms with Crippen molar-refractivity contribution in [2.45, 2.75) is 12.8 Å². The summed E-state index contributed by atoms with van der Waals surface area (Å²) in [5, 5.41) is 11.5. The minimum atomic E-state index is -3.50. The molecule has 0 unspecified atom stereocenters. The Bertz CT molecular complexity index is 660. The standard InChI is InChI=1S/C15H22N2O6S/c1-23-8-3-9-24(21,22)17-11-14(18)16-7-6-12-4-2-5-13(10-12)15(19)20/h2,4-5,10,17H,3,6-9,11H2,1H3,(H,16,18)(H,19,20). The summed E-state index contributed by atoms with van der Waals surface area (Å²) in [5.74, 6) is -1.56. The Morgan fingerprint density at radius 2 is 2.04 bits per heavy atom. The number of hydrogen-bond acceptors (Lipinski definition) is 5. The number of ether oxygens (including phenoxy) is 1. The van der Waals surface area contributed by atoms with E-state index in [1.807, 2.05) is 0 Å². The van der Waals surface area contributed by atoms with Gasteiger partial charge in [0, 0.05) is 20.3 Å². The van der Waals surface area contributed by atoms with Gasteiger partial charge in [-0.15, -0.1) is 0 Å². The van der Waals surface area contributed by atoms with Gasteiger partial charge in [-0.3, -0.25) is 4.79 Å². The van der Waals surface area contributed by atoms with E-state index in [0.717, 1.165) is 5.56 Å². The number of nitrogens with one attached hydrogen (secondary N) is 2. The summed E-state index contributed by atoms with van der Waals surface area (Å²) >= 11 is 0. The number of benzene rings is 1. The quantitative estimate of drug-likeness (QED) is 0.479. The van der Waals surface area contributed by atoms with Crippen LogP contribution in [0.3, 0.4) is 0 Å². The van der Waals surface area contributed by atoms with Crippen molar-refractivity contribution in [3.05, 3.63) is 35.4 Å². The summed E-state index contributed by atoms with van der Waals surface area (Å²) in [6.45, 7) is 0.292. The van der Waals surface area contributed by atoms with Crippen LogP contribution in [0.25, 0.3) is 0 Å². The van der Waals surface area contributed by atoms with Gasteiger partial charge in [0.15, 0.2) is 0 Å². The van der Waals surface area contributed by atoms with Crippen molar-refractivity contribution in [3.63, 3.8) is 0 Å². The summed E-state index contributed by atoms with van der Waals surface area (Å²) in [6, 6.07) is 6.42. The van der Waals surface area contributed by atoms with Gasteiger partial charge in [0.2, 0.25) is 15.9 Å². The first-order chi connectivity index (χ1) is 11.3. The Morgan fingerprint density at radius 3 is 2.71 bits per heavy atom. The topological polar surface area (TPSA) is 122 Å². The highest BCUT2D eigenvalue weighted by atomic mass is 32.2. The monoisotopic (exact) mass is 358 g/mol. The van der Waals surface area contributed by atoms with Gasteiger partial charge in [0.25, 0.3) is 0 Å². The van der Waals surface area contributed by atoms with E-state index in [2.05, 4.69) is 10.0 Å². The molecular formula is C15H22N2O6S. The summed E-state index contributed by atoms with van der Waals surface area (Å²) in [6.07, 6.45) is 0.806. The van der Waals surface area contributed by atoms with Crippen molar-refractivity contribution >= 4 is 21.9 Å². The third-order valence-electron chi connectivity index (χ3n) is 3.12. The predicted molar refractivity (Wildman–Crippen MR) is 88.4 cm³/mol. The fraction of sp³-hybridized carbons (Fsp3) is 0.467. The Balaban J connectivity index is 2.31. The van der Waals surface area contributed by atoms with Crippen molar-refractivity contribution in [2.24, 2.45) is 0 Å². The average molecular weight is 358 g/mol. The molecule has 0 spiro atoms. The van der Waals surface area contributed by atoms with Crippen molar-refractivity contribution in [3.8, 4) is 0 Å². The van der Waals surface area contributed by atoms with Gasteiger partial charge in [-0.05, 0) is 30.5 Å². The zero-order valence-corrected chi connectivity index (χ0v) is 14.3. The molecule has 1 amide bonds. The first-order valence-electron chi connectivity index (χ1n) is 7.39. The van der Waals surface area contributed by atoms with Crippen molar-refractivity contribution in [1.82, 2.24) is 10.0 Å². The molecule has 0 radical (unpaired) electrons. The van der Waals surface area contributed by atoms with Crippen LogP contribution in [0.15, 0.2) is 24.3 Å². The molecule has 0 fully saturated rings. The van der Waals surface area contributed by atoms with Crippen molar-refractivity contribution in [1.29, 1.82) is 0 Å². The molecule has 0 aliphatic rings. The summed E-state index contributed by atoms with van der Waals surface area (Å²) < 4.78 is 30.2. The number of hydrogen-bond donors (Lipinski definition) is 3. The number of rotatable bonds is 11. The van der Waals surface area contributed by atoms with E-state index in [0.29, 0.717) is 19.4 Å². The molecule has 24 heavy (non-hydrogen) atoms. The van der Waals surface area contributed by atoms with Crippen LogP contribution in [0.1, 0.15) is 22.3 Å². The van der Waals surface area contributed by atoms with Gasteiger partial charge in [0.1, 0.15) is 0 Å². The number of aromatic carboxylic acids is 1. The van der Waals surface area contributed by atoms with E-state index >= 15 is 0 Å². The Labute approximate surface area is 141 Å². The number of methoxy groups -OCH3 is 1. The van der Waals surface area contributed by atoms with Crippen molar-refractivity contribution in [2.75, 3.05) is 32.6 Å². The second-order valence-electron chi connectivity index (χ2n) is 5.09. The van der Waals surface area contributed by atoms with E-state index in [4.69, 9.17) is 9.84 Å². The first kappa shape index (κ1) is 20.1. The molecule has 134 valence electrons. The van der Waals surface area contributed by atoms with Crippen LogP contribution in [0.4, 0.5) is 0 Å². The van der Waals surface area contributed by atoms with Crippen molar-refractivity contribution < 1.29 is 27.9 Å². The van der Waals surface area contributed by atoms with Gasteiger partial charge < -0.3 is 15.2 Å². The molecule has 0 bridgehead atoms. The Kier molecular flexibility index (Phi) is 8.37. The zero-order chi connectivity index (χ0) is 18.0. The summed E-state index contributed by atoms with van der Waals surface area (Å²) in [4.78, 5) is 22.5. The highest BCUT2D eigenvalue weighted by Gasteiger charge is 2.12. The van der Waals surface area contributed by atoms with E-state index in [9.17, 15) is 18.0 Å². The maximum absolute atomic E-state index is 11.6. The van der Waals surface area contributed by atoms with Gasteiger partial charge in [-0.2, -0.15) is 0 Å². The summed E-state index contributed by atoms with van der Waals surface area (Å²) in [5.41, 5.74) is 0.956. The lowest BCUT2D eigenvalue weighted by Crippen LogP contribution is -2.38. The van der Waals surface area contributed by atoms with E-state index < -0.39 is 21.9 Å². The average Bonchev–Trinajstić information content (AvgIpc) is 2.53. The van der Waals surface area contributed by atoms with Crippen LogP contribution in [-0.2, 0) is 26.0 Å². The molecule has 1 rings (SSSR count). The molecule has 1 aromatic carbocycles. The molecule has 0 aliphatic carbocycles. The van der Waals surface area contributed by atoms with Crippen LogP contribution >= 0.6 is 0 Å². The molecule has 3 N–H and O–H groups in total. The van der Waals surface area contributed by atoms with Gasteiger partial charge in [0.05, 0.1) is 17.9 Å². The minimum Gasteiger partial charge on any atom is -0.478 e. The van der Waals surface area contributed by atoms with Crippen LogP contribution in [0.5, 0.6) is 0 Å². The number of carboxylic acid groups (broad SMARTS) is 1. The fourth-order valence-electron chi connectivity index (χ4n) is 1.91. The summed E-state index contributed by atoms with van der Waals surface area (Å²) in [7, 11) is -2.01. The molecule has 0 saturated carbocycles. The largest absolute Gasteiger partial charge is 0.478 e. The third-order valence-corrected chi connectivity index (χ3v) is 4.53. The smallest absolute Gasteiger partial charge is 0.335 e. The molecule has 0 heterocycles. The van der Waals surface area contributed by atoms with Gasteiger partial charge >= 0.3 is 5.97 Å². The molecule has 0 aliphatic heterocycles. The highest BCUT2D eigenvalue weighted by Crippen LogP contribution is 2.05. The molecule has 8 nitrogen and oxygen atoms in total. The predicted octanol–water partition coefficient (Wildman–Crippen LogP) is -0.000600. The van der Waals surface area contributed by atoms with Crippen LogP contribution in [0.2, 0.25) is 0 Å². The lowest BCUT2D eigenvalue weighted by atomic mass is 10.1. The van der Waals surface area contributed by atoms with E-state index in [1.165, 1.54) is 19.2 Å². The number of amides is 1. The number of carboxylic acids is 1. The molecule has 0 aromatic heterocycles. The number of carbonyl (C=O) groups is 2. The first-order valence-corrected chi connectivity index (χ1v) is 9.04. The SMILES string of the molecule is COCCCS(=O)(=O)NCC(=O)NCCc1cccc(C(=O)O)c1. The molecule has 0 atom stereocenters. The number of carbonyl (C=O) groups excluding carboxylic acids is 1. The lowest BCUT2D eigenvalue weighted by Gasteiger charge is -2.08. The normalized spacial score (nSPS) is 11.2. The lowest BCUT2D eigenvalue weighted by molar-refractivity contribution is -0.119. The van der Waals surface area contributed by atoms with Crippen LogP contribution in [-0.4, -0.2) is 58.0 Å². The second-order valence-corrected chi connectivity index (χ2v) is 7.02. The fourth-order valence-corrected chi connectivity index (χ4v) is 2.90. The maximum atomic E-state index is 11.6. The van der Waals surface area contributed by atoms with Crippen LogP contribution < -0.4 is 10.0 Å². The van der Waals surface area contributed by atoms with Gasteiger partial charge in [-0.1, -0.05) is 12.1 Å². The number of sulfonamides is 1. The van der Waals surface area contributed by atoms with E-state index in [-0.39, 0.29) is 24.4 Å². The van der Waals surface area contributed by atoms with Gasteiger partial charge in [-0.25, -0.2) is 17.9 Å². The zero-order valence-electron chi connectivity index (χ0n) is 13.4. The molecule has 9 heteroatoms. The van der Waals surface area contributed by atoms with Crippen LogP contribution in [0, 0.1) is 0 Å². The highest BCUT2D eigenvalue weighted by molar-refractivity contribution is 7.89. The molecular weight excluding hydrogens is 336 g/mol. The Hall–Kier alpha value is -1.97. The third kappa shape index (κ3) is 8.04. The second kappa shape index (κ2) is 10.0. The molecule has 0 saturated heterocycles. The minimum absolute atomic E-state index is 0.101. The molecule has 1 aromatic rings. The Morgan fingerprint density at radius 1 is 1.29 bits per heavy atom.